The van der Waals surface area contributed by atoms with Gasteiger partial charge in [0.1, 0.15) is 5.82 Å². The molecule has 18 heavy (non-hydrogen) atoms. The van der Waals surface area contributed by atoms with Crippen LogP contribution in [0.15, 0.2) is 18.2 Å². The average Bonchev–Trinajstić information content (AvgIpc) is 2.28. The van der Waals surface area contributed by atoms with Gasteiger partial charge >= 0.3 is 0 Å². The van der Waals surface area contributed by atoms with E-state index in [0.717, 1.165) is 31.6 Å². The van der Waals surface area contributed by atoms with Crippen molar-refractivity contribution < 1.29 is 4.39 Å². The lowest BCUT2D eigenvalue weighted by molar-refractivity contribution is 0.0898. The van der Waals surface area contributed by atoms with Gasteiger partial charge in [-0.05, 0) is 36.0 Å². The van der Waals surface area contributed by atoms with Crippen LogP contribution in [0.4, 0.5) is 4.39 Å². The number of benzene rings is 1. The Balaban J connectivity index is 2.04. The molecular formula is C15H23FN2. The number of rotatable bonds is 2. The van der Waals surface area contributed by atoms with Crippen LogP contribution in [0.3, 0.4) is 0 Å². The van der Waals surface area contributed by atoms with Gasteiger partial charge in [0.15, 0.2) is 0 Å². The smallest absolute Gasteiger partial charge is 0.126 e. The summed E-state index contributed by atoms with van der Waals surface area (Å²) in [6.45, 7) is 9.18. The van der Waals surface area contributed by atoms with Crippen molar-refractivity contribution in [3.05, 3.63) is 35.1 Å². The molecule has 3 heteroatoms. The summed E-state index contributed by atoms with van der Waals surface area (Å²) in [5.41, 5.74) is 8.20. The molecule has 100 valence electrons. The molecule has 1 aromatic carbocycles. The van der Waals surface area contributed by atoms with Crippen molar-refractivity contribution in [1.29, 1.82) is 0 Å². The molecule has 2 N–H and O–H groups in total. The van der Waals surface area contributed by atoms with E-state index in [1.807, 2.05) is 19.1 Å². The maximum absolute atomic E-state index is 13.2. The monoisotopic (exact) mass is 250 g/mol. The van der Waals surface area contributed by atoms with Crippen LogP contribution in [0.1, 0.15) is 31.4 Å². The van der Waals surface area contributed by atoms with Crippen molar-refractivity contribution in [2.75, 3.05) is 13.1 Å². The SMILES string of the molecule is Cc1cc(CN2CCC(N)C(C)(C)C2)ccc1F. The first-order chi connectivity index (χ1) is 8.38. The van der Waals surface area contributed by atoms with Gasteiger partial charge in [-0.1, -0.05) is 26.0 Å². The maximum Gasteiger partial charge on any atom is 0.126 e. The van der Waals surface area contributed by atoms with Crippen LogP contribution in [-0.2, 0) is 6.54 Å². The molecule has 0 aliphatic carbocycles. The Hall–Kier alpha value is -0.930. The summed E-state index contributed by atoms with van der Waals surface area (Å²) in [4.78, 5) is 2.41. The van der Waals surface area contributed by atoms with Crippen LogP contribution in [0, 0.1) is 18.2 Å². The molecule has 1 aromatic rings. The van der Waals surface area contributed by atoms with Crippen molar-refractivity contribution in [2.45, 2.75) is 39.8 Å². The molecule has 0 radical (unpaired) electrons. The molecule has 2 nitrogen and oxygen atoms in total. The normalized spacial score (nSPS) is 24.2. The van der Waals surface area contributed by atoms with Gasteiger partial charge in [0.25, 0.3) is 0 Å². The number of nitrogens with two attached hydrogens (primary N) is 1. The number of nitrogens with zero attached hydrogens (tertiary/aromatic N) is 1. The highest BCUT2D eigenvalue weighted by molar-refractivity contribution is 5.24. The predicted molar refractivity (Wildman–Crippen MR) is 72.8 cm³/mol. The van der Waals surface area contributed by atoms with Crippen LogP contribution >= 0.6 is 0 Å². The van der Waals surface area contributed by atoms with E-state index in [4.69, 9.17) is 5.73 Å². The van der Waals surface area contributed by atoms with E-state index in [1.165, 1.54) is 5.56 Å². The molecule has 1 unspecified atom stereocenters. The molecule has 1 fully saturated rings. The zero-order valence-corrected chi connectivity index (χ0v) is 11.5. The second-order valence-electron chi connectivity index (χ2n) is 6.18. The van der Waals surface area contributed by atoms with Gasteiger partial charge in [-0.25, -0.2) is 4.39 Å². The number of hydrogen-bond donors (Lipinski definition) is 1. The van der Waals surface area contributed by atoms with Gasteiger partial charge in [0.05, 0.1) is 0 Å². The molecule has 0 aromatic heterocycles. The standard InChI is InChI=1S/C15H23FN2/c1-11-8-12(4-5-13(11)16)9-18-7-6-14(17)15(2,3)10-18/h4-5,8,14H,6-7,9-10,17H2,1-3H3. The van der Waals surface area contributed by atoms with E-state index in [0.29, 0.717) is 0 Å². The lowest BCUT2D eigenvalue weighted by atomic mass is 9.79. The molecule has 0 bridgehead atoms. The van der Waals surface area contributed by atoms with Crippen LogP contribution in [0.25, 0.3) is 0 Å². The van der Waals surface area contributed by atoms with E-state index >= 15 is 0 Å². The fraction of sp³-hybridized carbons (Fsp3) is 0.600. The third kappa shape index (κ3) is 2.90. The van der Waals surface area contributed by atoms with Gasteiger partial charge < -0.3 is 5.73 Å². The van der Waals surface area contributed by atoms with Crippen molar-refractivity contribution in [3.8, 4) is 0 Å². The zero-order chi connectivity index (χ0) is 13.3. The summed E-state index contributed by atoms with van der Waals surface area (Å²) in [6, 6.07) is 5.66. The third-order valence-electron chi connectivity index (χ3n) is 4.02. The van der Waals surface area contributed by atoms with E-state index in [2.05, 4.69) is 18.7 Å². The van der Waals surface area contributed by atoms with Gasteiger partial charge in [0, 0.05) is 25.7 Å². The number of likely N-dealkylation sites (tertiary alicyclic amines) is 1. The first-order valence-electron chi connectivity index (χ1n) is 6.61. The lowest BCUT2D eigenvalue weighted by Crippen LogP contribution is -2.52. The van der Waals surface area contributed by atoms with Gasteiger partial charge in [-0.2, -0.15) is 0 Å². The van der Waals surface area contributed by atoms with E-state index in [-0.39, 0.29) is 17.3 Å². The Morgan fingerprint density at radius 1 is 1.44 bits per heavy atom. The molecule has 0 amide bonds. The van der Waals surface area contributed by atoms with Crippen molar-refractivity contribution >= 4 is 0 Å². The minimum atomic E-state index is -0.125. The molecule has 0 spiro atoms. The summed E-state index contributed by atoms with van der Waals surface area (Å²) in [5.74, 6) is -0.125. The Labute approximate surface area is 109 Å². The fourth-order valence-electron chi connectivity index (χ4n) is 2.68. The van der Waals surface area contributed by atoms with Gasteiger partial charge in [0.2, 0.25) is 0 Å². The summed E-state index contributed by atoms with van der Waals surface area (Å²) in [5, 5.41) is 0. The summed E-state index contributed by atoms with van der Waals surface area (Å²) < 4.78 is 13.2. The number of halogens is 1. The third-order valence-corrected chi connectivity index (χ3v) is 4.02. The van der Waals surface area contributed by atoms with E-state index in [1.54, 1.807) is 6.07 Å². The van der Waals surface area contributed by atoms with Gasteiger partial charge in [-0.15, -0.1) is 0 Å². The largest absolute Gasteiger partial charge is 0.327 e. The van der Waals surface area contributed by atoms with Gasteiger partial charge in [-0.3, -0.25) is 4.90 Å². The Kier molecular flexibility index (Phi) is 3.74. The Bertz CT molecular complexity index is 429. The maximum atomic E-state index is 13.2. The molecule has 1 saturated heterocycles. The molecule has 1 aliphatic heterocycles. The number of aryl methyl sites for hydroxylation is 1. The highest BCUT2D eigenvalue weighted by atomic mass is 19.1. The predicted octanol–water partition coefficient (Wildman–Crippen LogP) is 2.69. The molecular weight excluding hydrogens is 227 g/mol. The second kappa shape index (κ2) is 4.98. The van der Waals surface area contributed by atoms with E-state index in [9.17, 15) is 4.39 Å². The van der Waals surface area contributed by atoms with Crippen molar-refractivity contribution in [2.24, 2.45) is 11.1 Å². The summed E-state index contributed by atoms with van der Waals surface area (Å²) in [7, 11) is 0. The summed E-state index contributed by atoms with van der Waals surface area (Å²) >= 11 is 0. The van der Waals surface area contributed by atoms with Crippen LogP contribution in [0.5, 0.6) is 0 Å². The fourth-order valence-corrected chi connectivity index (χ4v) is 2.68. The molecule has 0 saturated carbocycles. The first-order valence-corrected chi connectivity index (χ1v) is 6.61. The number of piperidine rings is 1. The number of hydrogen-bond acceptors (Lipinski definition) is 2. The first kappa shape index (κ1) is 13.5. The van der Waals surface area contributed by atoms with Crippen LogP contribution < -0.4 is 5.73 Å². The second-order valence-corrected chi connectivity index (χ2v) is 6.18. The highest BCUT2D eigenvalue weighted by Gasteiger charge is 2.33. The van der Waals surface area contributed by atoms with Crippen LogP contribution in [-0.4, -0.2) is 24.0 Å². The Morgan fingerprint density at radius 2 is 2.17 bits per heavy atom. The lowest BCUT2D eigenvalue weighted by Gasteiger charge is -2.42. The molecule has 1 aliphatic rings. The molecule has 1 atom stereocenters. The van der Waals surface area contributed by atoms with Crippen molar-refractivity contribution in [1.82, 2.24) is 4.90 Å². The molecule has 1 heterocycles. The van der Waals surface area contributed by atoms with Crippen LogP contribution in [0.2, 0.25) is 0 Å². The molecule has 2 rings (SSSR count). The van der Waals surface area contributed by atoms with Crippen molar-refractivity contribution in [3.63, 3.8) is 0 Å². The minimum absolute atomic E-state index is 0.125. The zero-order valence-electron chi connectivity index (χ0n) is 11.5. The topological polar surface area (TPSA) is 29.3 Å². The van der Waals surface area contributed by atoms with E-state index < -0.39 is 0 Å². The summed E-state index contributed by atoms with van der Waals surface area (Å²) in [6.07, 6.45) is 1.03. The average molecular weight is 250 g/mol. The minimum Gasteiger partial charge on any atom is -0.327 e. The Morgan fingerprint density at radius 3 is 2.78 bits per heavy atom. The highest BCUT2D eigenvalue weighted by Crippen LogP contribution is 2.28. The quantitative estimate of drug-likeness (QED) is 0.874.